The summed E-state index contributed by atoms with van der Waals surface area (Å²) in [4.78, 5) is 10.6. The van der Waals surface area contributed by atoms with Crippen molar-refractivity contribution in [3.8, 4) is 0 Å². The largest absolute Gasteiger partial charge is 0.269 e. The molecule has 0 aliphatic carbocycles. The highest BCUT2D eigenvalue weighted by atomic mass is 32.2. The second-order valence-corrected chi connectivity index (χ2v) is 7.36. The Bertz CT molecular complexity index is 816. The molecule has 0 aromatic heterocycles. The van der Waals surface area contributed by atoms with Gasteiger partial charge in [-0.3, -0.25) is 10.1 Å². The first kappa shape index (κ1) is 17.1. The summed E-state index contributed by atoms with van der Waals surface area (Å²) in [6, 6.07) is 12.1. The Balaban J connectivity index is 2.35. The molecule has 0 saturated carbocycles. The Morgan fingerprint density at radius 1 is 1.13 bits per heavy atom. The number of benzene rings is 2. The quantitative estimate of drug-likeness (QED) is 0.621. The Morgan fingerprint density at radius 3 is 2.30 bits per heavy atom. The van der Waals surface area contributed by atoms with Crippen molar-refractivity contribution in [3.05, 3.63) is 69.8 Å². The number of hydrogen-bond acceptors (Lipinski definition) is 4. The molecule has 0 aliphatic rings. The minimum Gasteiger partial charge on any atom is -0.258 e. The van der Waals surface area contributed by atoms with E-state index in [-0.39, 0.29) is 10.6 Å². The second kappa shape index (κ2) is 6.47. The third-order valence-electron chi connectivity index (χ3n) is 3.81. The van der Waals surface area contributed by atoms with Gasteiger partial charge in [0.25, 0.3) is 5.69 Å². The summed E-state index contributed by atoms with van der Waals surface area (Å²) in [7, 11) is -2.20. The molecule has 7 heteroatoms. The third-order valence-corrected chi connectivity index (χ3v) is 5.75. The lowest BCUT2D eigenvalue weighted by Crippen LogP contribution is -2.29. The molecule has 0 spiro atoms. The van der Waals surface area contributed by atoms with Crippen LogP contribution in [0.1, 0.15) is 24.1 Å². The van der Waals surface area contributed by atoms with Crippen LogP contribution < -0.4 is 0 Å². The summed E-state index contributed by atoms with van der Waals surface area (Å²) >= 11 is 0. The van der Waals surface area contributed by atoms with Crippen LogP contribution in [0.15, 0.2) is 53.4 Å². The van der Waals surface area contributed by atoms with E-state index in [1.807, 2.05) is 6.92 Å². The fourth-order valence-corrected chi connectivity index (χ4v) is 3.54. The minimum atomic E-state index is -3.67. The SMILES string of the molecule is Cc1ccc(S(=O)(=O)N(C)C(C)c2cccc([N+](=O)[O-])c2)cc1. The lowest BCUT2D eigenvalue weighted by Gasteiger charge is -2.24. The van der Waals surface area contributed by atoms with Gasteiger partial charge in [0.2, 0.25) is 10.0 Å². The zero-order valence-corrected chi connectivity index (χ0v) is 13.9. The number of hydrogen-bond donors (Lipinski definition) is 0. The Hall–Kier alpha value is -2.25. The molecule has 0 amide bonds. The maximum atomic E-state index is 12.7. The lowest BCUT2D eigenvalue weighted by atomic mass is 10.1. The van der Waals surface area contributed by atoms with Crippen molar-refractivity contribution in [2.45, 2.75) is 24.8 Å². The van der Waals surface area contributed by atoms with E-state index in [2.05, 4.69) is 0 Å². The van der Waals surface area contributed by atoms with Crippen LogP contribution in [-0.4, -0.2) is 24.7 Å². The van der Waals surface area contributed by atoms with Gasteiger partial charge in [-0.05, 0) is 31.5 Å². The van der Waals surface area contributed by atoms with Crippen molar-refractivity contribution >= 4 is 15.7 Å². The topological polar surface area (TPSA) is 80.5 Å². The van der Waals surface area contributed by atoms with Gasteiger partial charge in [0.1, 0.15) is 0 Å². The van der Waals surface area contributed by atoms with E-state index in [0.29, 0.717) is 5.56 Å². The average molecular weight is 334 g/mol. The molecule has 2 aromatic carbocycles. The number of nitro groups is 1. The van der Waals surface area contributed by atoms with Crippen LogP contribution in [0.5, 0.6) is 0 Å². The van der Waals surface area contributed by atoms with Gasteiger partial charge in [-0.1, -0.05) is 29.8 Å². The van der Waals surface area contributed by atoms with Gasteiger partial charge < -0.3 is 0 Å². The van der Waals surface area contributed by atoms with Gasteiger partial charge >= 0.3 is 0 Å². The number of rotatable bonds is 5. The molecule has 0 radical (unpaired) electrons. The molecular formula is C16H18N2O4S. The fourth-order valence-electron chi connectivity index (χ4n) is 2.19. The molecule has 2 rings (SSSR count). The van der Waals surface area contributed by atoms with Crippen LogP contribution >= 0.6 is 0 Å². The van der Waals surface area contributed by atoms with E-state index in [1.54, 1.807) is 43.3 Å². The molecule has 2 aromatic rings. The maximum Gasteiger partial charge on any atom is 0.269 e. The number of nitrogens with zero attached hydrogens (tertiary/aromatic N) is 2. The number of non-ortho nitro benzene ring substituents is 1. The van der Waals surface area contributed by atoms with Crippen molar-refractivity contribution in [3.63, 3.8) is 0 Å². The van der Waals surface area contributed by atoms with E-state index in [9.17, 15) is 18.5 Å². The van der Waals surface area contributed by atoms with Crippen LogP contribution in [0, 0.1) is 17.0 Å². The summed E-state index contributed by atoms with van der Waals surface area (Å²) in [5.41, 5.74) is 1.48. The van der Waals surface area contributed by atoms with Gasteiger partial charge in [-0.15, -0.1) is 0 Å². The lowest BCUT2D eigenvalue weighted by molar-refractivity contribution is -0.384. The Labute approximate surface area is 135 Å². The van der Waals surface area contributed by atoms with Crippen molar-refractivity contribution in [2.24, 2.45) is 0 Å². The first-order valence-corrected chi connectivity index (χ1v) is 8.46. The first-order valence-electron chi connectivity index (χ1n) is 7.02. The summed E-state index contributed by atoms with van der Waals surface area (Å²) in [6.45, 7) is 3.58. The van der Waals surface area contributed by atoms with E-state index in [4.69, 9.17) is 0 Å². The van der Waals surface area contributed by atoms with Crippen LogP contribution in [0.3, 0.4) is 0 Å². The normalized spacial score (nSPS) is 13.0. The smallest absolute Gasteiger partial charge is 0.258 e. The van der Waals surface area contributed by atoms with Crippen LogP contribution in [-0.2, 0) is 10.0 Å². The van der Waals surface area contributed by atoms with Gasteiger partial charge in [-0.2, -0.15) is 4.31 Å². The second-order valence-electron chi connectivity index (χ2n) is 5.36. The maximum absolute atomic E-state index is 12.7. The molecule has 0 heterocycles. The number of aryl methyl sites for hydroxylation is 1. The summed E-state index contributed by atoms with van der Waals surface area (Å²) in [5.74, 6) is 0. The van der Waals surface area contributed by atoms with Gasteiger partial charge in [-0.25, -0.2) is 8.42 Å². The van der Waals surface area contributed by atoms with Gasteiger partial charge in [0.15, 0.2) is 0 Å². The molecule has 23 heavy (non-hydrogen) atoms. The molecule has 122 valence electrons. The molecule has 0 N–H and O–H groups in total. The molecule has 6 nitrogen and oxygen atoms in total. The first-order chi connectivity index (χ1) is 10.7. The zero-order valence-electron chi connectivity index (χ0n) is 13.1. The van der Waals surface area contributed by atoms with Crippen molar-refractivity contribution in [1.82, 2.24) is 4.31 Å². The zero-order chi connectivity index (χ0) is 17.2. The van der Waals surface area contributed by atoms with E-state index in [0.717, 1.165) is 5.56 Å². The van der Waals surface area contributed by atoms with E-state index < -0.39 is 21.0 Å². The molecule has 1 unspecified atom stereocenters. The summed E-state index contributed by atoms with van der Waals surface area (Å²) in [5, 5.41) is 10.9. The Morgan fingerprint density at radius 2 is 1.74 bits per heavy atom. The highest BCUT2D eigenvalue weighted by Gasteiger charge is 2.26. The van der Waals surface area contributed by atoms with Crippen LogP contribution in [0.25, 0.3) is 0 Å². The van der Waals surface area contributed by atoms with Crippen LogP contribution in [0.2, 0.25) is 0 Å². The fraction of sp³-hybridized carbons (Fsp3) is 0.250. The molecule has 0 fully saturated rings. The molecule has 0 aliphatic heterocycles. The predicted octanol–water partition coefficient (Wildman–Crippen LogP) is 3.28. The Kier molecular flexibility index (Phi) is 4.82. The van der Waals surface area contributed by atoms with Crippen molar-refractivity contribution < 1.29 is 13.3 Å². The predicted molar refractivity (Wildman–Crippen MR) is 87.6 cm³/mol. The monoisotopic (exact) mass is 334 g/mol. The summed E-state index contributed by atoms with van der Waals surface area (Å²) in [6.07, 6.45) is 0. The summed E-state index contributed by atoms with van der Waals surface area (Å²) < 4.78 is 26.6. The van der Waals surface area contributed by atoms with Gasteiger partial charge in [0.05, 0.1) is 9.82 Å². The molecule has 0 bridgehead atoms. The molecule has 1 atom stereocenters. The number of nitro benzene ring substituents is 1. The van der Waals surface area contributed by atoms with Crippen LogP contribution in [0.4, 0.5) is 5.69 Å². The van der Waals surface area contributed by atoms with E-state index in [1.165, 1.54) is 23.5 Å². The average Bonchev–Trinajstić information content (AvgIpc) is 2.54. The van der Waals surface area contributed by atoms with E-state index >= 15 is 0 Å². The highest BCUT2D eigenvalue weighted by molar-refractivity contribution is 7.89. The van der Waals surface area contributed by atoms with Gasteiger partial charge in [0, 0.05) is 25.2 Å². The minimum absolute atomic E-state index is 0.0597. The molecule has 0 saturated heterocycles. The van der Waals surface area contributed by atoms with Crippen molar-refractivity contribution in [1.29, 1.82) is 0 Å². The highest BCUT2D eigenvalue weighted by Crippen LogP contribution is 2.27. The number of sulfonamides is 1. The molecular weight excluding hydrogens is 316 g/mol. The standard InChI is InChI=1S/C16H18N2O4S/c1-12-7-9-16(10-8-12)23(21,22)17(3)13(2)14-5-4-6-15(11-14)18(19)20/h4-11,13H,1-3H3. The third kappa shape index (κ3) is 3.57. The van der Waals surface area contributed by atoms with Crippen molar-refractivity contribution in [2.75, 3.05) is 7.05 Å².